The van der Waals surface area contributed by atoms with Crippen LogP contribution in [0.4, 0.5) is 16.5 Å². The van der Waals surface area contributed by atoms with Crippen molar-refractivity contribution in [2.75, 3.05) is 19.0 Å². The summed E-state index contributed by atoms with van der Waals surface area (Å²) < 4.78 is 6.13. The average Bonchev–Trinajstić information content (AvgIpc) is 2.68. The van der Waals surface area contributed by atoms with E-state index >= 15 is 0 Å². The molecule has 18 heavy (non-hydrogen) atoms. The van der Waals surface area contributed by atoms with Gasteiger partial charge in [-0.25, -0.2) is 4.57 Å². The number of hydrogen-bond acceptors (Lipinski definition) is 5. The molecule has 0 aliphatic heterocycles. The first-order chi connectivity index (χ1) is 8.58. The lowest BCUT2D eigenvalue weighted by Gasteiger charge is -2.11. The summed E-state index contributed by atoms with van der Waals surface area (Å²) in [5.41, 5.74) is 1.99. The second-order valence-electron chi connectivity index (χ2n) is 4.18. The Hall–Kier alpha value is -1.82. The normalized spacial score (nSPS) is 11.1. The summed E-state index contributed by atoms with van der Waals surface area (Å²) in [7, 11) is 5.95. The fourth-order valence-corrected chi connectivity index (χ4v) is 2.04. The van der Waals surface area contributed by atoms with Crippen LogP contribution in [0.2, 0.25) is 0 Å². The molecule has 0 aliphatic carbocycles. The molecule has 2 aromatic rings. The van der Waals surface area contributed by atoms with Crippen LogP contribution < -0.4 is 9.47 Å². The summed E-state index contributed by atoms with van der Waals surface area (Å²) >= 11 is 1.35. The van der Waals surface area contributed by atoms with Crippen LogP contribution in [0.5, 0.6) is 0 Å². The van der Waals surface area contributed by atoms with Gasteiger partial charge in [0.05, 0.1) is 7.05 Å². The fraction of sp³-hybridized carbons (Fsp3) is 0.333. The van der Waals surface area contributed by atoms with Crippen LogP contribution in [0.25, 0.3) is 0 Å². The number of benzene rings is 1. The molecule has 0 atom stereocenters. The van der Waals surface area contributed by atoms with Crippen molar-refractivity contribution in [3.63, 3.8) is 0 Å². The van der Waals surface area contributed by atoms with Gasteiger partial charge in [0.25, 0.3) is 0 Å². The van der Waals surface area contributed by atoms with Gasteiger partial charge in [0.15, 0.2) is 0 Å². The van der Waals surface area contributed by atoms with Gasteiger partial charge in [-0.15, -0.1) is 0 Å². The topological polar surface area (TPSA) is 44.7 Å². The minimum atomic E-state index is 0.796. The molecule has 94 valence electrons. The maximum Gasteiger partial charge on any atom is 0.378 e. The lowest BCUT2D eigenvalue weighted by molar-refractivity contribution is -0.662. The highest BCUT2D eigenvalue weighted by atomic mass is 32.1. The Labute approximate surface area is 111 Å². The van der Waals surface area contributed by atoms with Gasteiger partial charge >= 0.3 is 5.13 Å². The van der Waals surface area contributed by atoms with Gasteiger partial charge in [0, 0.05) is 31.8 Å². The summed E-state index contributed by atoms with van der Waals surface area (Å²) in [6.45, 7) is 1.95. The summed E-state index contributed by atoms with van der Waals surface area (Å²) in [6.07, 6.45) is 0. The average molecular weight is 262 g/mol. The maximum atomic E-state index is 4.21. The van der Waals surface area contributed by atoms with Crippen LogP contribution in [0.15, 0.2) is 34.5 Å². The Morgan fingerprint density at radius 3 is 2.33 bits per heavy atom. The predicted molar refractivity (Wildman–Crippen MR) is 73.0 cm³/mol. The summed E-state index contributed by atoms with van der Waals surface area (Å²) in [6, 6.07) is 7.94. The van der Waals surface area contributed by atoms with Crippen molar-refractivity contribution in [1.82, 2.24) is 4.37 Å². The van der Waals surface area contributed by atoms with Gasteiger partial charge in [-0.05, 0) is 28.6 Å². The molecule has 6 heteroatoms. The molecule has 0 saturated carbocycles. The van der Waals surface area contributed by atoms with Crippen LogP contribution in [-0.2, 0) is 7.05 Å². The smallest absolute Gasteiger partial charge is 0.378 e. The molecule has 2 rings (SSSR count). The number of aryl methyl sites for hydroxylation is 1. The summed E-state index contributed by atoms with van der Waals surface area (Å²) in [5.74, 6) is 0.942. The zero-order valence-electron chi connectivity index (χ0n) is 11.0. The van der Waals surface area contributed by atoms with Crippen LogP contribution in [-0.4, -0.2) is 18.5 Å². The first-order valence-electron chi connectivity index (χ1n) is 5.59. The van der Waals surface area contributed by atoms with Gasteiger partial charge in [0.1, 0.15) is 17.2 Å². The molecule has 0 saturated heterocycles. The lowest BCUT2D eigenvalue weighted by Crippen LogP contribution is -2.28. The Bertz CT molecular complexity index is 556. The predicted octanol–water partition coefficient (Wildman–Crippen LogP) is 2.76. The molecule has 0 unspecified atom stereocenters. The highest BCUT2D eigenvalue weighted by Crippen LogP contribution is 2.21. The van der Waals surface area contributed by atoms with E-state index in [9.17, 15) is 0 Å². The second-order valence-corrected chi connectivity index (χ2v) is 4.91. The largest absolute Gasteiger partial charge is 0.378 e. The van der Waals surface area contributed by atoms with Crippen molar-refractivity contribution in [2.45, 2.75) is 6.92 Å². The Kier molecular flexibility index (Phi) is 3.66. The number of aromatic nitrogens is 2. The minimum Gasteiger partial charge on any atom is -0.378 e. The molecule has 5 nitrogen and oxygen atoms in total. The van der Waals surface area contributed by atoms with E-state index in [2.05, 4.69) is 14.6 Å². The molecule has 0 N–H and O–H groups in total. The first kappa shape index (κ1) is 12.6. The van der Waals surface area contributed by atoms with E-state index in [-0.39, 0.29) is 0 Å². The van der Waals surface area contributed by atoms with Crippen LogP contribution in [0.1, 0.15) is 5.82 Å². The van der Waals surface area contributed by atoms with Crippen LogP contribution >= 0.6 is 11.5 Å². The zero-order valence-corrected chi connectivity index (χ0v) is 11.8. The minimum absolute atomic E-state index is 0.796. The standard InChI is InChI=1S/C12H16N5S/c1-9-15-18-12(17(9)4)14-13-10-5-7-11(8-6-10)16(2)3/h5-8H,1-4H3/q+1. The number of anilines is 1. The summed E-state index contributed by atoms with van der Waals surface area (Å²) in [4.78, 5) is 2.05. The van der Waals surface area contributed by atoms with Crippen LogP contribution in [0.3, 0.4) is 0 Å². The van der Waals surface area contributed by atoms with Crippen molar-refractivity contribution in [1.29, 1.82) is 0 Å². The second kappa shape index (κ2) is 5.22. The van der Waals surface area contributed by atoms with E-state index < -0.39 is 0 Å². The zero-order chi connectivity index (χ0) is 13.1. The third-order valence-corrected chi connectivity index (χ3v) is 3.52. The molecule has 0 fully saturated rings. The van der Waals surface area contributed by atoms with Crippen molar-refractivity contribution < 1.29 is 4.57 Å². The highest BCUT2D eigenvalue weighted by molar-refractivity contribution is 7.08. The maximum absolute atomic E-state index is 4.21. The SMILES string of the molecule is Cc1nsc(N=Nc2ccc(N(C)C)cc2)[n+]1C. The Morgan fingerprint density at radius 1 is 1.17 bits per heavy atom. The third kappa shape index (κ3) is 2.70. The molecule has 1 heterocycles. The first-order valence-corrected chi connectivity index (χ1v) is 6.36. The van der Waals surface area contributed by atoms with E-state index in [1.165, 1.54) is 11.5 Å². The number of hydrogen-bond donors (Lipinski definition) is 0. The molecule has 1 aromatic heterocycles. The molecule has 0 bridgehead atoms. The summed E-state index contributed by atoms with van der Waals surface area (Å²) in [5, 5.41) is 9.20. The van der Waals surface area contributed by atoms with E-state index in [1.54, 1.807) is 0 Å². The van der Waals surface area contributed by atoms with E-state index in [0.29, 0.717) is 0 Å². The highest BCUT2D eigenvalue weighted by Gasteiger charge is 2.12. The lowest BCUT2D eigenvalue weighted by atomic mass is 10.3. The quantitative estimate of drug-likeness (QED) is 0.630. The van der Waals surface area contributed by atoms with Gasteiger partial charge in [-0.1, -0.05) is 5.11 Å². The van der Waals surface area contributed by atoms with Crippen molar-refractivity contribution >= 4 is 28.0 Å². The monoisotopic (exact) mass is 262 g/mol. The van der Waals surface area contributed by atoms with E-state index in [0.717, 1.165) is 22.3 Å². The molecular weight excluding hydrogens is 246 g/mol. The Morgan fingerprint density at radius 2 is 1.83 bits per heavy atom. The number of azo groups is 1. The molecule has 0 radical (unpaired) electrons. The van der Waals surface area contributed by atoms with Crippen molar-refractivity contribution in [3.8, 4) is 0 Å². The molecule has 1 aromatic carbocycles. The van der Waals surface area contributed by atoms with E-state index in [1.807, 2.05) is 61.8 Å². The molecular formula is C12H16N5S+. The van der Waals surface area contributed by atoms with Gasteiger partial charge in [0.2, 0.25) is 5.82 Å². The van der Waals surface area contributed by atoms with Crippen molar-refractivity contribution in [3.05, 3.63) is 30.1 Å². The number of nitrogens with zero attached hydrogens (tertiary/aromatic N) is 5. The Balaban J connectivity index is 2.16. The molecule has 0 aliphatic rings. The van der Waals surface area contributed by atoms with Gasteiger partial charge in [-0.3, -0.25) is 0 Å². The molecule has 0 spiro atoms. The van der Waals surface area contributed by atoms with Gasteiger partial charge in [-0.2, -0.15) is 0 Å². The van der Waals surface area contributed by atoms with E-state index in [4.69, 9.17) is 0 Å². The van der Waals surface area contributed by atoms with Crippen LogP contribution in [0, 0.1) is 6.92 Å². The molecule has 0 amide bonds. The van der Waals surface area contributed by atoms with Gasteiger partial charge < -0.3 is 4.90 Å². The third-order valence-electron chi connectivity index (χ3n) is 2.65. The van der Waals surface area contributed by atoms with Crippen molar-refractivity contribution in [2.24, 2.45) is 17.3 Å². The number of rotatable bonds is 3. The fourth-order valence-electron chi connectivity index (χ4n) is 1.37.